The number of rotatable bonds is 7. The SMILES string of the molecule is COc1ccccc1NC(=S)Nc1cccc(SC(C)C(=O)Nc2ccccc2Br)c1. The predicted octanol–water partition coefficient (Wildman–Crippen LogP) is 6.39. The van der Waals surface area contributed by atoms with Crippen molar-refractivity contribution in [3.63, 3.8) is 0 Å². The molecule has 3 aromatic rings. The molecular weight excluding hydrogens is 494 g/mol. The Morgan fingerprint density at radius 3 is 2.42 bits per heavy atom. The quantitative estimate of drug-likeness (QED) is 0.250. The number of carbonyl (C=O) groups excluding carboxylic acids is 1. The summed E-state index contributed by atoms with van der Waals surface area (Å²) in [5.74, 6) is 0.643. The number of para-hydroxylation sites is 3. The molecule has 1 unspecified atom stereocenters. The zero-order valence-corrected chi connectivity index (χ0v) is 20.2. The molecule has 0 saturated heterocycles. The van der Waals surface area contributed by atoms with Crippen molar-refractivity contribution in [3.05, 3.63) is 77.3 Å². The van der Waals surface area contributed by atoms with E-state index in [-0.39, 0.29) is 11.2 Å². The first kappa shape index (κ1) is 23.1. The first-order valence-electron chi connectivity index (χ1n) is 9.49. The van der Waals surface area contributed by atoms with E-state index in [0.29, 0.717) is 10.9 Å². The van der Waals surface area contributed by atoms with Gasteiger partial charge in [0.15, 0.2) is 5.11 Å². The molecule has 0 aliphatic carbocycles. The van der Waals surface area contributed by atoms with Crippen LogP contribution in [0.2, 0.25) is 0 Å². The van der Waals surface area contributed by atoms with Crippen molar-refractivity contribution >= 4 is 68.0 Å². The van der Waals surface area contributed by atoms with E-state index >= 15 is 0 Å². The molecule has 1 atom stereocenters. The van der Waals surface area contributed by atoms with Crippen molar-refractivity contribution in [1.29, 1.82) is 0 Å². The van der Waals surface area contributed by atoms with E-state index in [0.717, 1.165) is 26.4 Å². The average Bonchev–Trinajstić information content (AvgIpc) is 2.76. The van der Waals surface area contributed by atoms with Crippen molar-refractivity contribution in [3.8, 4) is 5.75 Å². The molecule has 0 bridgehead atoms. The molecule has 5 nitrogen and oxygen atoms in total. The van der Waals surface area contributed by atoms with Gasteiger partial charge in [0.2, 0.25) is 5.91 Å². The van der Waals surface area contributed by atoms with Crippen LogP contribution in [-0.4, -0.2) is 23.4 Å². The summed E-state index contributed by atoms with van der Waals surface area (Å²) in [4.78, 5) is 13.5. The second-order valence-electron chi connectivity index (χ2n) is 6.54. The first-order chi connectivity index (χ1) is 15.0. The molecule has 3 N–H and O–H groups in total. The molecule has 3 aromatic carbocycles. The Kier molecular flexibility index (Phi) is 8.34. The van der Waals surface area contributed by atoms with Gasteiger partial charge in [-0.05, 0) is 77.5 Å². The van der Waals surface area contributed by atoms with Crippen molar-refractivity contribution in [2.45, 2.75) is 17.1 Å². The number of methoxy groups -OCH3 is 1. The Morgan fingerprint density at radius 2 is 1.68 bits per heavy atom. The van der Waals surface area contributed by atoms with Crippen molar-refractivity contribution in [2.24, 2.45) is 0 Å². The molecule has 0 aliphatic rings. The fourth-order valence-corrected chi connectivity index (χ4v) is 4.27. The maximum Gasteiger partial charge on any atom is 0.237 e. The summed E-state index contributed by atoms with van der Waals surface area (Å²) in [6.45, 7) is 1.88. The summed E-state index contributed by atoms with van der Waals surface area (Å²) < 4.78 is 6.19. The Hall–Kier alpha value is -2.55. The summed E-state index contributed by atoms with van der Waals surface area (Å²) >= 11 is 10.4. The van der Waals surface area contributed by atoms with Gasteiger partial charge in [0.25, 0.3) is 0 Å². The lowest BCUT2D eigenvalue weighted by Crippen LogP contribution is -2.22. The summed E-state index contributed by atoms with van der Waals surface area (Å²) in [6, 6.07) is 22.9. The van der Waals surface area contributed by atoms with Crippen LogP contribution < -0.4 is 20.7 Å². The zero-order valence-electron chi connectivity index (χ0n) is 17.0. The molecule has 0 fully saturated rings. The van der Waals surface area contributed by atoms with E-state index in [1.807, 2.05) is 79.7 Å². The van der Waals surface area contributed by atoms with Gasteiger partial charge in [0.1, 0.15) is 5.75 Å². The van der Waals surface area contributed by atoms with Gasteiger partial charge in [0, 0.05) is 15.1 Å². The van der Waals surface area contributed by atoms with Crippen LogP contribution in [0.4, 0.5) is 17.1 Å². The van der Waals surface area contributed by atoms with Crippen LogP contribution in [-0.2, 0) is 4.79 Å². The van der Waals surface area contributed by atoms with Gasteiger partial charge in [0.05, 0.1) is 23.7 Å². The van der Waals surface area contributed by atoms with Crippen LogP contribution in [0.25, 0.3) is 0 Å². The number of thiocarbonyl (C=S) groups is 1. The first-order valence-corrected chi connectivity index (χ1v) is 11.6. The smallest absolute Gasteiger partial charge is 0.237 e. The second-order valence-corrected chi connectivity index (χ2v) is 9.21. The van der Waals surface area contributed by atoms with Gasteiger partial charge in [-0.2, -0.15) is 0 Å². The highest BCUT2D eigenvalue weighted by atomic mass is 79.9. The Labute approximate surface area is 200 Å². The van der Waals surface area contributed by atoms with Crippen molar-refractivity contribution in [2.75, 3.05) is 23.1 Å². The number of nitrogens with one attached hydrogen (secondary N) is 3. The minimum atomic E-state index is -0.277. The second kappa shape index (κ2) is 11.2. The van der Waals surface area contributed by atoms with E-state index in [9.17, 15) is 4.79 Å². The van der Waals surface area contributed by atoms with E-state index in [4.69, 9.17) is 17.0 Å². The Bertz CT molecular complexity index is 1080. The number of halogens is 1. The summed E-state index contributed by atoms with van der Waals surface area (Å²) in [6.07, 6.45) is 0. The maximum absolute atomic E-state index is 12.6. The van der Waals surface area contributed by atoms with Crippen molar-refractivity contribution < 1.29 is 9.53 Å². The molecule has 8 heteroatoms. The van der Waals surface area contributed by atoms with Gasteiger partial charge in [-0.25, -0.2) is 0 Å². The lowest BCUT2D eigenvalue weighted by Gasteiger charge is -2.15. The lowest BCUT2D eigenvalue weighted by atomic mass is 10.3. The molecule has 31 heavy (non-hydrogen) atoms. The lowest BCUT2D eigenvalue weighted by molar-refractivity contribution is -0.115. The number of hydrogen-bond donors (Lipinski definition) is 3. The fraction of sp³-hybridized carbons (Fsp3) is 0.130. The summed E-state index contributed by atoms with van der Waals surface area (Å²) in [7, 11) is 1.62. The van der Waals surface area contributed by atoms with Crippen LogP contribution in [0.1, 0.15) is 6.92 Å². The highest BCUT2D eigenvalue weighted by Crippen LogP contribution is 2.28. The molecule has 160 valence electrons. The summed E-state index contributed by atoms with van der Waals surface area (Å²) in [5.41, 5.74) is 2.37. The predicted molar refractivity (Wildman–Crippen MR) is 137 cm³/mol. The molecule has 0 spiro atoms. The van der Waals surface area contributed by atoms with E-state index in [1.165, 1.54) is 11.8 Å². The number of anilines is 3. The normalized spacial score (nSPS) is 11.3. The minimum absolute atomic E-state index is 0.0661. The number of thioether (sulfide) groups is 1. The third-order valence-corrected chi connectivity index (χ3v) is 6.25. The van der Waals surface area contributed by atoms with Gasteiger partial charge in [-0.1, -0.05) is 30.3 Å². The fourth-order valence-electron chi connectivity index (χ4n) is 2.73. The topological polar surface area (TPSA) is 62.4 Å². The van der Waals surface area contributed by atoms with Gasteiger partial charge in [-0.15, -0.1) is 11.8 Å². The van der Waals surface area contributed by atoms with E-state index in [2.05, 4.69) is 31.9 Å². The zero-order chi connectivity index (χ0) is 22.2. The molecule has 1 amide bonds. The molecule has 0 heterocycles. The number of ether oxygens (including phenoxy) is 1. The largest absolute Gasteiger partial charge is 0.495 e. The van der Waals surface area contributed by atoms with Crippen molar-refractivity contribution in [1.82, 2.24) is 0 Å². The maximum atomic E-state index is 12.6. The molecular formula is C23H22BrN3O2S2. The van der Waals surface area contributed by atoms with Crippen LogP contribution in [0, 0.1) is 0 Å². The number of benzene rings is 3. The minimum Gasteiger partial charge on any atom is -0.495 e. The molecule has 0 aliphatic heterocycles. The molecule has 0 radical (unpaired) electrons. The third-order valence-electron chi connectivity index (χ3n) is 4.26. The highest BCUT2D eigenvalue weighted by Gasteiger charge is 2.16. The highest BCUT2D eigenvalue weighted by molar-refractivity contribution is 9.10. The van der Waals surface area contributed by atoms with Gasteiger partial charge >= 0.3 is 0 Å². The number of amides is 1. The average molecular weight is 516 g/mol. The monoisotopic (exact) mass is 515 g/mol. The standard InChI is InChI=1S/C23H22BrN3O2S2/c1-15(22(28)26-19-11-4-3-10-18(19)24)31-17-9-7-8-16(14-17)25-23(30)27-20-12-5-6-13-21(20)29-2/h3-15H,1-2H3,(H,26,28)(H2,25,27,30). The molecule has 0 aromatic heterocycles. The summed E-state index contributed by atoms with van der Waals surface area (Å²) in [5, 5.41) is 9.44. The van der Waals surface area contributed by atoms with Crippen LogP contribution in [0.3, 0.4) is 0 Å². The van der Waals surface area contributed by atoms with Gasteiger partial charge in [-0.3, -0.25) is 4.79 Å². The Balaban J connectivity index is 1.60. The third kappa shape index (κ3) is 6.72. The van der Waals surface area contributed by atoms with Gasteiger partial charge < -0.3 is 20.7 Å². The molecule has 3 rings (SSSR count). The van der Waals surface area contributed by atoms with E-state index in [1.54, 1.807) is 7.11 Å². The number of hydrogen-bond acceptors (Lipinski definition) is 4. The molecule has 0 saturated carbocycles. The van der Waals surface area contributed by atoms with E-state index < -0.39 is 0 Å². The van der Waals surface area contributed by atoms with Crippen LogP contribution >= 0.6 is 39.9 Å². The Morgan fingerprint density at radius 1 is 0.968 bits per heavy atom. The van der Waals surface area contributed by atoms with Crippen LogP contribution in [0.15, 0.2) is 82.2 Å². The van der Waals surface area contributed by atoms with Crippen LogP contribution in [0.5, 0.6) is 5.75 Å². The number of carbonyl (C=O) groups is 1.